The van der Waals surface area contributed by atoms with Gasteiger partial charge in [0.1, 0.15) is 12.1 Å². The van der Waals surface area contributed by atoms with E-state index < -0.39 is 12.2 Å². The number of halogens is 2. The molecule has 0 saturated carbocycles. The van der Waals surface area contributed by atoms with Crippen molar-refractivity contribution < 1.29 is 8.78 Å². The Hall–Kier alpha value is -1.93. The maximum absolute atomic E-state index is 12.6. The van der Waals surface area contributed by atoms with E-state index in [0.29, 0.717) is 5.82 Å². The molecule has 0 unspecified atom stereocenters. The Kier molecular flexibility index (Phi) is 4.16. The molecule has 1 aliphatic rings. The fourth-order valence-electron chi connectivity index (χ4n) is 2.28. The van der Waals surface area contributed by atoms with Crippen LogP contribution in [0.1, 0.15) is 17.9 Å². The zero-order chi connectivity index (χ0) is 14.7. The van der Waals surface area contributed by atoms with Crippen LogP contribution in [0.4, 0.5) is 8.78 Å². The lowest BCUT2D eigenvalue weighted by atomic mass is 10.3. The second-order valence-electron chi connectivity index (χ2n) is 4.87. The van der Waals surface area contributed by atoms with Gasteiger partial charge in [0.15, 0.2) is 5.82 Å². The molecule has 0 spiro atoms. The van der Waals surface area contributed by atoms with Gasteiger partial charge in [-0.1, -0.05) is 0 Å². The highest BCUT2D eigenvalue weighted by Crippen LogP contribution is 2.15. The van der Waals surface area contributed by atoms with Crippen molar-refractivity contribution in [2.45, 2.75) is 13.0 Å². The van der Waals surface area contributed by atoms with Gasteiger partial charge in [0.05, 0.1) is 5.69 Å². The molecule has 0 radical (unpaired) electrons. The average molecular weight is 294 g/mol. The Bertz CT molecular complexity index is 594. The first-order valence-corrected chi connectivity index (χ1v) is 6.80. The first-order valence-electron chi connectivity index (χ1n) is 6.80. The Morgan fingerprint density at radius 2 is 2.05 bits per heavy atom. The molecule has 3 rings (SSSR count). The van der Waals surface area contributed by atoms with E-state index in [-0.39, 0.29) is 0 Å². The van der Waals surface area contributed by atoms with Crippen LogP contribution in [0.25, 0.3) is 5.82 Å². The number of hydrogen-bond acceptors (Lipinski definition) is 5. The normalized spacial score (nSPS) is 16.5. The average Bonchev–Trinajstić information content (AvgIpc) is 2.97. The molecule has 0 bridgehead atoms. The third-order valence-electron chi connectivity index (χ3n) is 3.35. The van der Waals surface area contributed by atoms with Crippen molar-refractivity contribution in [2.24, 2.45) is 0 Å². The molecular weight excluding hydrogens is 278 g/mol. The van der Waals surface area contributed by atoms with Gasteiger partial charge in [-0.3, -0.25) is 9.47 Å². The van der Waals surface area contributed by atoms with Gasteiger partial charge in [0, 0.05) is 45.1 Å². The monoisotopic (exact) mass is 294 g/mol. The third kappa shape index (κ3) is 3.40. The Balaban J connectivity index is 1.73. The summed E-state index contributed by atoms with van der Waals surface area (Å²) in [5.74, 6) is -0.0655. The van der Waals surface area contributed by atoms with Crippen LogP contribution in [0.5, 0.6) is 0 Å². The molecule has 0 aliphatic carbocycles. The summed E-state index contributed by atoms with van der Waals surface area (Å²) < 4.78 is 26.9. The van der Waals surface area contributed by atoms with Gasteiger partial charge in [-0.05, 0) is 6.07 Å². The van der Waals surface area contributed by atoms with Crippen LogP contribution in [-0.2, 0) is 6.54 Å². The topological polar surface area (TPSA) is 58.9 Å². The largest absolute Gasteiger partial charge is 0.314 e. The molecule has 1 aliphatic heterocycles. The SMILES string of the molecule is FC(F)c1nccc(-n2cnc(CN3CCNCC3)c2)n1. The number of hydrogen-bond donors (Lipinski definition) is 1. The van der Waals surface area contributed by atoms with Crippen molar-refractivity contribution in [1.29, 1.82) is 0 Å². The van der Waals surface area contributed by atoms with Gasteiger partial charge in [-0.15, -0.1) is 0 Å². The first-order chi connectivity index (χ1) is 10.2. The molecule has 3 heterocycles. The second-order valence-corrected chi connectivity index (χ2v) is 4.87. The summed E-state index contributed by atoms with van der Waals surface area (Å²) in [6.07, 6.45) is 2.07. The van der Waals surface area contributed by atoms with Crippen molar-refractivity contribution in [3.05, 3.63) is 36.3 Å². The van der Waals surface area contributed by atoms with Crippen LogP contribution >= 0.6 is 0 Å². The summed E-state index contributed by atoms with van der Waals surface area (Å²) in [5.41, 5.74) is 0.897. The van der Waals surface area contributed by atoms with Gasteiger partial charge >= 0.3 is 0 Å². The van der Waals surface area contributed by atoms with Crippen LogP contribution in [-0.4, -0.2) is 50.6 Å². The van der Waals surface area contributed by atoms with E-state index in [1.807, 2.05) is 6.20 Å². The molecule has 0 amide bonds. The number of piperazine rings is 1. The summed E-state index contributed by atoms with van der Waals surface area (Å²) in [6.45, 7) is 4.67. The Labute approximate surface area is 120 Å². The van der Waals surface area contributed by atoms with Crippen LogP contribution in [0, 0.1) is 0 Å². The predicted octanol–water partition coefficient (Wildman–Crippen LogP) is 1.01. The van der Waals surface area contributed by atoms with Gasteiger partial charge < -0.3 is 5.32 Å². The molecule has 2 aromatic rings. The van der Waals surface area contributed by atoms with E-state index in [0.717, 1.165) is 38.4 Å². The minimum Gasteiger partial charge on any atom is -0.314 e. The predicted molar refractivity (Wildman–Crippen MR) is 72.3 cm³/mol. The summed E-state index contributed by atoms with van der Waals surface area (Å²) in [4.78, 5) is 14.0. The van der Waals surface area contributed by atoms with Crippen molar-refractivity contribution in [3.8, 4) is 5.82 Å². The molecule has 1 fully saturated rings. The van der Waals surface area contributed by atoms with E-state index >= 15 is 0 Å². The fourth-order valence-corrected chi connectivity index (χ4v) is 2.28. The smallest absolute Gasteiger partial charge is 0.297 e. The molecule has 6 nitrogen and oxygen atoms in total. The lowest BCUT2D eigenvalue weighted by Crippen LogP contribution is -2.42. The van der Waals surface area contributed by atoms with Crippen molar-refractivity contribution >= 4 is 0 Å². The molecule has 2 aromatic heterocycles. The number of aromatic nitrogens is 4. The zero-order valence-corrected chi connectivity index (χ0v) is 11.4. The maximum Gasteiger partial charge on any atom is 0.297 e. The third-order valence-corrected chi connectivity index (χ3v) is 3.35. The standard InChI is InChI=1S/C13H16F2N6/c14-12(15)13-17-2-1-11(19-13)21-8-10(18-9-21)7-20-5-3-16-4-6-20/h1-2,8-9,12,16H,3-7H2. The molecule has 1 N–H and O–H groups in total. The highest BCUT2D eigenvalue weighted by Gasteiger charge is 2.14. The lowest BCUT2D eigenvalue weighted by Gasteiger charge is -2.26. The van der Waals surface area contributed by atoms with E-state index in [1.165, 1.54) is 6.20 Å². The number of nitrogens with one attached hydrogen (secondary N) is 1. The minimum atomic E-state index is -2.67. The van der Waals surface area contributed by atoms with Crippen molar-refractivity contribution in [2.75, 3.05) is 26.2 Å². The molecule has 0 aromatic carbocycles. The van der Waals surface area contributed by atoms with Gasteiger partial charge in [-0.2, -0.15) is 0 Å². The Morgan fingerprint density at radius 3 is 2.81 bits per heavy atom. The van der Waals surface area contributed by atoms with E-state index in [1.54, 1.807) is 17.0 Å². The summed E-state index contributed by atoms with van der Waals surface area (Å²) in [5, 5.41) is 3.29. The van der Waals surface area contributed by atoms with Crippen LogP contribution in [0.3, 0.4) is 0 Å². The highest BCUT2D eigenvalue weighted by atomic mass is 19.3. The molecular formula is C13H16F2N6. The number of rotatable bonds is 4. The van der Waals surface area contributed by atoms with E-state index in [2.05, 4.69) is 25.2 Å². The van der Waals surface area contributed by atoms with Crippen LogP contribution in [0.2, 0.25) is 0 Å². The Morgan fingerprint density at radius 1 is 1.24 bits per heavy atom. The van der Waals surface area contributed by atoms with E-state index in [9.17, 15) is 8.78 Å². The second kappa shape index (κ2) is 6.23. The minimum absolute atomic E-state index is 0.402. The molecule has 21 heavy (non-hydrogen) atoms. The fraction of sp³-hybridized carbons (Fsp3) is 0.462. The summed E-state index contributed by atoms with van der Waals surface area (Å²) >= 11 is 0. The van der Waals surface area contributed by atoms with Crippen molar-refractivity contribution in [1.82, 2.24) is 29.7 Å². The highest BCUT2D eigenvalue weighted by molar-refractivity contribution is 5.22. The zero-order valence-electron chi connectivity index (χ0n) is 11.4. The number of imidazole rings is 1. The first kappa shape index (κ1) is 14.0. The number of nitrogens with zero attached hydrogens (tertiary/aromatic N) is 5. The van der Waals surface area contributed by atoms with Gasteiger partial charge in [0.25, 0.3) is 6.43 Å². The van der Waals surface area contributed by atoms with Gasteiger partial charge in [0.2, 0.25) is 0 Å². The molecule has 0 atom stereocenters. The summed E-state index contributed by atoms with van der Waals surface area (Å²) in [7, 11) is 0. The molecule has 8 heteroatoms. The van der Waals surface area contributed by atoms with Crippen LogP contribution < -0.4 is 5.32 Å². The number of alkyl halides is 2. The van der Waals surface area contributed by atoms with E-state index in [4.69, 9.17) is 0 Å². The quantitative estimate of drug-likeness (QED) is 0.912. The van der Waals surface area contributed by atoms with Crippen molar-refractivity contribution in [3.63, 3.8) is 0 Å². The van der Waals surface area contributed by atoms with Crippen LogP contribution in [0.15, 0.2) is 24.8 Å². The lowest BCUT2D eigenvalue weighted by molar-refractivity contribution is 0.140. The maximum atomic E-state index is 12.6. The molecule has 112 valence electrons. The molecule has 1 saturated heterocycles. The van der Waals surface area contributed by atoms with Gasteiger partial charge in [-0.25, -0.2) is 23.7 Å². The summed E-state index contributed by atoms with van der Waals surface area (Å²) in [6, 6.07) is 1.59.